The van der Waals surface area contributed by atoms with E-state index in [1.165, 1.54) is 0 Å². The molecule has 0 aliphatic heterocycles. The Morgan fingerprint density at radius 3 is 1.85 bits per heavy atom. The fourth-order valence-electron chi connectivity index (χ4n) is 1.67. The normalized spacial score (nSPS) is 10.7. The van der Waals surface area contributed by atoms with Gasteiger partial charge in [0.05, 0.1) is 11.1 Å². The maximum absolute atomic E-state index is 13.6. The Balaban J connectivity index is 2.99. The maximum Gasteiger partial charge on any atom is 0.256 e. The third-order valence-electron chi connectivity index (χ3n) is 2.58. The van der Waals surface area contributed by atoms with E-state index in [1.54, 1.807) is 0 Å². The molecule has 1 heterocycles. The molecule has 0 saturated heterocycles. The van der Waals surface area contributed by atoms with Gasteiger partial charge in [-0.2, -0.15) is 0 Å². The van der Waals surface area contributed by atoms with Crippen molar-refractivity contribution in [3.8, 4) is 11.1 Å². The molecule has 1 aromatic carbocycles. The highest BCUT2D eigenvalue weighted by molar-refractivity contribution is 5.87. The van der Waals surface area contributed by atoms with E-state index in [0.717, 1.165) is 12.3 Å². The summed E-state index contributed by atoms with van der Waals surface area (Å²) in [4.78, 5) is 24.3. The molecule has 2 aromatic rings. The summed E-state index contributed by atoms with van der Waals surface area (Å²) in [6.45, 7) is 0. The van der Waals surface area contributed by atoms with Gasteiger partial charge in [-0.05, 0) is 6.07 Å². The van der Waals surface area contributed by atoms with Crippen molar-refractivity contribution in [1.29, 1.82) is 0 Å². The first-order chi connectivity index (χ1) is 9.40. The number of carbonyl (C=O) groups is 1. The van der Waals surface area contributed by atoms with E-state index in [0.29, 0.717) is 0 Å². The molecule has 0 bridgehead atoms. The Kier molecular flexibility index (Phi) is 3.39. The summed E-state index contributed by atoms with van der Waals surface area (Å²) in [5.41, 5.74) is -4.02. The quantitative estimate of drug-likeness (QED) is 0.400. The van der Waals surface area contributed by atoms with Gasteiger partial charge in [0.1, 0.15) is 0 Å². The Morgan fingerprint density at radius 1 is 0.850 bits per heavy atom. The second-order valence-corrected chi connectivity index (χ2v) is 3.70. The van der Waals surface area contributed by atoms with Gasteiger partial charge in [-0.25, -0.2) is 22.0 Å². The van der Waals surface area contributed by atoms with Crippen molar-refractivity contribution in [3.05, 3.63) is 57.3 Å². The molecule has 0 aliphatic carbocycles. The monoisotopic (exact) mass is 289 g/mol. The molecule has 0 saturated carbocycles. The smallest absolute Gasteiger partial charge is 0.256 e. The molecule has 0 radical (unpaired) electrons. The van der Waals surface area contributed by atoms with Crippen molar-refractivity contribution in [1.82, 2.24) is 4.98 Å². The number of benzene rings is 1. The number of halogens is 5. The van der Waals surface area contributed by atoms with E-state index in [4.69, 9.17) is 0 Å². The molecular weight excluding hydrogens is 285 g/mol. The Labute approximate surface area is 107 Å². The summed E-state index contributed by atoms with van der Waals surface area (Å²) < 4.78 is 66.3. The lowest BCUT2D eigenvalue weighted by Crippen LogP contribution is -2.15. The van der Waals surface area contributed by atoms with Crippen molar-refractivity contribution >= 4 is 6.29 Å². The first kappa shape index (κ1) is 13.9. The van der Waals surface area contributed by atoms with Gasteiger partial charge in [-0.1, -0.05) is 0 Å². The highest BCUT2D eigenvalue weighted by Crippen LogP contribution is 2.30. The summed E-state index contributed by atoms with van der Waals surface area (Å²) in [5.74, 6) is -11.1. The zero-order chi connectivity index (χ0) is 15.0. The molecule has 1 aromatic heterocycles. The Hall–Kier alpha value is -2.51. The van der Waals surface area contributed by atoms with Gasteiger partial charge in [0.15, 0.2) is 29.6 Å². The van der Waals surface area contributed by atoms with Crippen molar-refractivity contribution in [2.75, 3.05) is 0 Å². The third kappa shape index (κ3) is 1.89. The first-order valence-corrected chi connectivity index (χ1v) is 5.08. The molecule has 2 rings (SSSR count). The van der Waals surface area contributed by atoms with Crippen molar-refractivity contribution in [2.45, 2.75) is 0 Å². The van der Waals surface area contributed by atoms with E-state index in [1.807, 2.05) is 4.98 Å². The molecule has 0 unspecified atom stereocenters. The summed E-state index contributed by atoms with van der Waals surface area (Å²) in [6.07, 6.45) is 1.07. The summed E-state index contributed by atoms with van der Waals surface area (Å²) >= 11 is 0. The summed E-state index contributed by atoms with van der Waals surface area (Å²) in [7, 11) is 0. The van der Waals surface area contributed by atoms with Gasteiger partial charge >= 0.3 is 0 Å². The Morgan fingerprint density at radius 2 is 1.35 bits per heavy atom. The minimum absolute atomic E-state index is 0.0720. The van der Waals surface area contributed by atoms with Crippen LogP contribution in [-0.2, 0) is 0 Å². The van der Waals surface area contributed by atoms with Crippen LogP contribution in [0, 0.1) is 29.1 Å². The topological polar surface area (TPSA) is 49.9 Å². The van der Waals surface area contributed by atoms with Gasteiger partial charge in [0.25, 0.3) is 5.56 Å². The number of aromatic amines is 1. The van der Waals surface area contributed by atoms with E-state index >= 15 is 0 Å². The van der Waals surface area contributed by atoms with E-state index in [9.17, 15) is 31.5 Å². The number of carbonyl (C=O) groups excluding carboxylic acids is 1. The van der Waals surface area contributed by atoms with Crippen molar-refractivity contribution < 1.29 is 26.7 Å². The number of aromatic nitrogens is 1. The van der Waals surface area contributed by atoms with Gasteiger partial charge < -0.3 is 4.98 Å². The first-order valence-electron chi connectivity index (χ1n) is 5.08. The standard InChI is InChI=1S/C12H4F5NO2/c13-7-6(8(14)10(16)11(17)9(7)15)5-4(3-19)1-2-18-12(5)20/h1-3H,(H,18,20). The minimum atomic E-state index is -2.34. The number of aldehydes is 1. The van der Waals surface area contributed by atoms with Crippen LogP contribution in [0.15, 0.2) is 17.1 Å². The van der Waals surface area contributed by atoms with Gasteiger partial charge in [0, 0.05) is 11.8 Å². The van der Waals surface area contributed by atoms with Crippen LogP contribution in [0.4, 0.5) is 22.0 Å². The lowest BCUT2D eigenvalue weighted by Gasteiger charge is -2.09. The number of pyridine rings is 1. The lowest BCUT2D eigenvalue weighted by molar-refractivity contribution is 0.112. The predicted octanol–water partition coefficient (Wildman–Crippen LogP) is 2.55. The summed E-state index contributed by atoms with van der Waals surface area (Å²) in [5, 5.41) is 0. The highest BCUT2D eigenvalue weighted by atomic mass is 19.2. The molecule has 0 fully saturated rings. The van der Waals surface area contributed by atoms with Gasteiger partial charge in [0.2, 0.25) is 5.82 Å². The molecule has 104 valence electrons. The molecule has 1 N–H and O–H groups in total. The second kappa shape index (κ2) is 4.87. The molecular formula is C12H4F5NO2. The maximum atomic E-state index is 13.6. The van der Waals surface area contributed by atoms with E-state index < -0.39 is 51.3 Å². The molecule has 0 aliphatic rings. The summed E-state index contributed by atoms with van der Waals surface area (Å²) in [6, 6.07) is 0.974. The van der Waals surface area contributed by atoms with Crippen molar-refractivity contribution in [2.24, 2.45) is 0 Å². The molecule has 0 amide bonds. The van der Waals surface area contributed by atoms with Crippen LogP contribution in [0.25, 0.3) is 11.1 Å². The second-order valence-electron chi connectivity index (χ2n) is 3.70. The predicted molar refractivity (Wildman–Crippen MR) is 57.7 cm³/mol. The largest absolute Gasteiger partial charge is 0.329 e. The number of hydrogen-bond donors (Lipinski definition) is 1. The average molecular weight is 289 g/mol. The molecule has 3 nitrogen and oxygen atoms in total. The number of H-pyrrole nitrogens is 1. The van der Waals surface area contributed by atoms with Crippen LogP contribution in [0.2, 0.25) is 0 Å². The highest BCUT2D eigenvalue weighted by Gasteiger charge is 2.29. The molecule has 20 heavy (non-hydrogen) atoms. The zero-order valence-electron chi connectivity index (χ0n) is 9.44. The van der Waals surface area contributed by atoms with Gasteiger partial charge in [-0.3, -0.25) is 9.59 Å². The van der Waals surface area contributed by atoms with Crippen LogP contribution >= 0.6 is 0 Å². The number of rotatable bonds is 2. The number of nitrogens with one attached hydrogen (secondary N) is 1. The fourth-order valence-corrected chi connectivity index (χ4v) is 1.67. The van der Waals surface area contributed by atoms with E-state index in [2.05, 4.69) is 0 Å². The third-order valence-corrected chi connectivity index (χ3v) is 2.58. The minimum Gasteiger partial charge on any atom is -0.329 e. The van der Waals surface area contributed by atoms with Crippen LogP contribution in [0.1, 0.15) is 10.4 Å². The average Bonchev–Trinajstić information content (AvgIpc) is 2.44. The van der Waals surface area contributed by atoms with Crippen LogP contribution in [0.5, 0.6) is 0 Å². The van der Waals surface area contributed by atoms with E-state index in [-0.39, 0.29) is 6.29 Å². The SMILES string of the molecule is O=Cc1cc[nH]c(=O)c1-c1c(F)c(F)c(F)c(F)c1F. The molecule has 0 atom stereocenters. The van der Waals surface area contributed by atoms with Crippen LogP contribution in [0.3, 0.4) is 0 Å². The molecule has 0 spiro atoms. The van der Waals surface area contributed by atoms with Crippen LogP contribution in [-0.4, -0.2) is 11.3 Å². The molecule has 8 heteroatoms. The van der Waals surface area contributed by atoms with Gasteiger partial charge in [-0.15, -0.1) is 0 Å². The lowest BCUT2D eigenvalue weighted by atomic mass is 10.0. The fraction of sp³-hybridized carbons (Fsp3) is 0. The zero-order valence-corrected chi connectivity index (χ0v) is 9.44. The Bertz CT molecular complexity index is 740. The number of hydrogen-bond acceptors (Lipinski definition) is 2. The van der Waals surface area contributed by atoms with Crippen LogP contribution < -0.4 is 5.56 Å². The van der Waals surface area contributed by atoms with Crippen molar-refractivity contribution in [3.63, 3.8) is 0 Å².